The lowest BCUT2D eigenvalue weighted by atomic mass is 10.1. The Hall–Kier alpha value is -1.62. The second-order valence-electron chi connectivity index (χ2n) is 3.29. The summed E-state index contributed by atoms with van der Waals surface area (Å²) in [5.74, 6) is -1.64. The van der Waals surface area contributed by atoms with Crippen molar-refractivity contribution in [2.45, 2.75) is 25.1 Å². The third-order valence-electron chi connectivity index (χ3n) is 2.08. The Balaban J connectivity index is 3.42. The van der Waals surface area contributed by atoms with Gasteiger partial charge >= 0.3 is 6.36 Å². The van der Waals surface area contributed by atoms with Crippen LogP contribution in [0.2, 0.25) is 0 Å². The van der Waals surface area contributed by atoms with Crippen molar-refractivity contribution in [1.29, 1.82) is 5.26 Å². The summed E-state index contributed by atoms with van der Waals surface area (Å²) < 4.78 is 65.5. The number of rotatable bonds is 4. The molecule has 0 saturated carbocycles. The van der Waals surface area contributed by atoms with Gasteiger partial charge in [0.2, 0.25) is 0 Å². The van der Waals surface area contributed by atoms with E-state index in [4.69, 9.17) is 16.9 Å². The smallest absolute Gasteiger partial charge is 0.403 e. The van der Waals surface area contributed by atoms with Crippen LogP contribution in [0.25, 0.3) is 0 Å². The minimum Gasteiger partial charge on any atom is -0.403 e. The van der Waals surface area contributed by atoms with E-state index in [2.05, 4.69) is 9.72 Å². The topological polar surface area (TPSA) is 45.9 Å². The fraction of sp³-hybridized carbons (Fsp3) is 0.400. The van der Waals surface area contributed by atoms with E-state index in [1.807, 2.05) is 0 Å². The van der Waals surface area contributed by atoms with E-state index in [1.165, 1.54) is 0 Å². The molecular formula is C10H6ClF5N2O. The Morgan fingerprint density at radius 1 is 1.42 bits per heavy atom. The Kier molecular flexibility index (Phi) is 4.89. The van der Waals surface area contributed by atoms with Crippen molar-refractivity contribution in [3.05, 3.63) is 23.0 Å². The molecule has 0 saturated heterocycles. The molecule has 0 aromatic carbocycles. The van der Waals surface area contributed by atoms with Gasteiger partial charge in [-0.2, -0.15) is 5.26 Å². The first-order valence-electron chi connectivity index (χ1n) is 4.77. The molecule has 0 bridgehead atoms. The van der Waals surface area contributed by atoms with E-state index in [-0.39, 0.29) is 17.5 Å². The summed E-state index contributed by atoms with van der Waals surface area (Å²) in [7, 11) is 0. The van der Waals surface area contributed by atoms with E-state index >= 15 is 0 Å². The second kappa shape index (κ2) is 6.02. The lowest BCUT2D eigenvalue weighted by Crippen LogP contribution is -2.20. The van der Waals surface area contributed by atoms with Gasteiger partial charge in [0, 0.05) is 11.8 Å². The van der Waals surface area contributed by atoms with Crippen molar-refractivity contribution in [1.82, 2.24) is 4.98 Å². The molecule has 1 aromatic rings. The number of aromatic nitrogens is 1. The molecule has 1 aromatic heterocycles. The van der Waals surface area contributed by atoms with E-state index in [1.54, 1.807) is 6.07 Å². The van der Waals surface area contributed by atoms with Crippen molar-refractivity contribution >= 4 is 11.6 Å². The lowest BCUT2D eigenvalue weighted by Gasteiger charge is -2.17. The first kappa shape index (κ1) is 15.4. The molecule has 0 amide bonds. The van der Waals surface area contributed by atoms with Crippen LogP contribution in [0.1, 0.15) is 23.2 Å². The summed E-state index contributed by atoms with van der Waals surface area (Å²) in [6, 6.07) is 1.67. The molecule has 1 rings (SSSR count). The molecule has 0 unspecified atom stereocenters. The Bertz CT molecular complexity index is 498. The number of nitrogens with zero attached hydrogens (tertiary/aromatic N) is 2. The Morgan fingerprint density at radius 2 is 2.05 bits per heavy atom. The summed E-state index contributed by atoms with van der Waals surface area (Å²) >= 11 is 5.45. The van der Waals surface area contributed by atoms with Gasteiger partial charge in [-0.05, 0) is 5.56 Å². The predicted octanol–water partition coefficient (Wildman–Crippen LogP) is 3.72. The highest BCUT2D eigenvalue weighted by Gasteiger charge is 2.35. The summed E-state index contributed by atoms with van der Waals surface area (Å²) in [6.45, 7) is 0. The number of pyridine rings is 1. The van der Waals surface area contributed by atoms with Crippen molar-refractivity contribution in [2.24, 2.45) is 0 Å². The van der Waals surface area contributed by atoms with E-state index in [0.29, 0.717) is 0 Å². The SMILES string of the molecule is N#CCc1cnc(C(F)F)c(OC(F)(F)F)c1CCl. The zero-order valence-electron chi connectivity index (χ0n) is 9.14. The highest BCUT2D eigenvalue weighted by Crippen LogP contribution is 2.36. The Morgan fingerprint density at radius 3 is 2.47 bits per heavy atom. The van der Waals surface area contributed by atoms with Crippen LogP contribution in [0.15, 0.2) is 6.20 Å². The average molecular weight is 301 g/mol. The lowest BCUT2D eigenvalue weighted by molar-refractivity contribution is -0.275. The van der Waals surface area contributed by atoms with Crippen LogP contribution in [0.4, 0.5) is 22.0 Å². The molecule has 0 atom stereocenters. The normalized spacial score (nSPS) is 11.5. The summed E-state index contributed by atoms with van der Waals surface area (Å²) in [5, 5.41) is 8.51. The second-order valence-corrected chi connectivity index (χ2v) is 3.56. The number of nitriles is 1. The van der Waals surface area contributed by atoms with Crippen molar-refractivity contribution < 1.29 is 26.7 Å². The molecule has 19 heavy (non-hydrogen) atoms. The Labute approximate surface area is 109 Å². The zero-order valence-corrected chi connectivity index (χ0v) is 9.90. The van der Waals surface area contributed by atoms with Gasteiger partial charge in [-0.1, -0.05) is 0 Å². The molecule has 1 heterocycles. The van der Waals surface area contributed by atoms with Crippen LogP contribution in [0.5, 0.6) is 5.75 Å². The first-order chi connectivity index (χ1) is 8.80. The third-order valence-corrected chi connectivity index (χ3v) is 2.35. The van der Waals surface area contributed by atoms with Gasteiger partial charge in [-0.25, -0.2) is 8.78 Å². The highest BCUT2D eigenvalue weighted by molar-refractivity contribution is 6.17. The monoisotopic (exact) mass is 300 g/mol. The largest absolute Gasteiger partial charge is 0.573 e. The van der Waals surface area contributed by atoms with E-state index < -0.39 is 30.1 Å². The van der Waals surface area contributed by atoms with Gasteiger partial charge in [0.15, 0.2) is 5.75 Å². The molecule has 3 nitrogen and oxygen atoms in total. The minimum atomic E-state index is -5.16. The van der Waals surface area contributed by atoms with Gasteiger partial charge in [0.05, 0.1) is 18.4 Å². The van der Waals surface area contributed by atoms with Gasteiger partial charge in [-0.3, -0.25) is 4.98 Å². The number of hydrogen-bond donors (Lipinski definition) is 0. The maximum atomic E-state index is 12.6. The third kappa shape index (κ3) is 3.92. The van der Waals surface area contributed by atoms with Gasteiger partial charge in [0.1, 0.15) is 5.69 Å². The molecule has 0 aliphatic rings. The van der Waals surface area contributed by atoms with Gasteiger partial charge < -0.3 is 4.74 Å². The number of ether oxygens (including phenoxy) is 1. The number of halogens is 6. The molecule has 0 aliphatic heterocycles. The van der Waals surface area contributed by atoms with Crippen molar-refractivity contribution in [2.75, 3.05) is 0 Å². The molecule has 0 radical (unpaired) electrons. The van der Waals surface area contributed by atoms with Gasteiger partial charge in [0.25, 0.3) is 6.43 Å². The maximum Gasteiger partial charge on any atom is 0.573 e. The molecular weight excluding hydrogens is 295 g/mol. The van der Waals surface area contributed by atoms with Crippen LogP contribution in [0, 0.1) is 11.3 Å². The van der Waals surface area contributed by atoms with Crippen LogP contribution in [-0.2, 0) is 12.3 Å². The molecule has 0 N–H and O–H groups in total. The van der Waals surface area contributed by atoms with E-state index in [9.17, 15) is 22.0 Å². The zero-order chi connectivity index (χ0) is 14.6. The summed E-state index contributed by atoms with van der Waals surface area (Å²) in [5.41, 5.74) is -1.46. The standard InChI is InChI=1S/C10H6ClF5N2O/c11-3-6-5(1-2-17)4-18-7(9(12)13)8(6)19-10(14,15)16/h4,9H,1,3H2. The molecule has 0 fully saturated rings. The quantitative estimate of drug-likeness (QED) is 0.629. The minimum absolute atomic E-state index is 0.0150. The molecule has 9 heteroatoms. The van der Waals surface area contributed by atoms with Crippen LogP contribution in [0.3, 0.4) is 0 Å². The summed E-state index contributed by atoms with van der Waals surface area (Å²) in [6.07, 6.45) is -7.83. The fourth-order valence-electron chi connectivity index (χ4n) is 1.35. The fourth-order valence-corrected chi connectivity index (χ4v) is 1.65. The van der Waals surface area contributed by atoms with Gasteiger partial charge in [-0.15, -0.1) is 24.8 Å². The number of alkyl halides is 6. The molecule has 0 aliphatic carbocycles. The highest BCUT2D eigenvalue weighted by atomic mass is 35.5. The molecule has 104 valence electrons. The average Bonchev–Trinajstić information content (AvgIpc) is 2.27. The summed E-state index contributed by atoms with van der Waals surface area (Å²) in [4.78, 5) is 3.20. The van der Waals surface area contributed by atoms with E-state index in [0.717, 1.165) is 6.20 Å². The van der Waals surface area contributed by atoms with Crippen LogP contribution < -0.4 is 4.74 Å². The van der Waals surface area contributed by atoms with Crippen molar-refractivity contribution in [3.8, 4) is 11.8 Å². The first-order valence-corrected chi connectivity index (χ1v) is 5.31. The molecule has 0 spiro atoms. The number of hydrogen-bond acceptors (Lipinski definition) is 3. The predicted molar refractivity (Wildman–Crippen MR) is 54.8 cm³/mol. The van der Waals surface area contributed by atoms with Crippen molar-refractivity contribution in [3.63, 3.8) is 0 Å². The maximum absolute atomic E-state index is 12.6. The van der Waals surface area contributed by atoms with Crippen LogP contribution >= 0.6 is 11.6 Å². The van der Waals surface area contributed by atoms with Crippen LogP contribution in [-0.4, -0.2) is 11.3 Å².